The van der Waals surface area contributed by atoms with Gasteiger partial charge in [0.05, 0.1) is 6.20 Å². The van der Waals surface area contributed by atoms with E-state index in [4.69, 9.17) is 0 Å². The highest BCUT2D eigenvalue weighted by molar-refractivity contribution is 5.18. The molecule has 0 atom stereocenters. The second-order valence-corrected chi connectivity index (χ2v) is 2.01. The Morgan fingerprint density at radius 3 is 2.64 bits per heavy atom. The molecule has 0 amide bonds. The van der Waals surface area contributed by atoms with Crippen LogP contribution in [-0.2, 0) is 0 Å². The Balaban J connectivity index is 2.66. The monoisotopic (exact) mass is 159 g/mol. The van der Waals surface area contributed by atoms with Crippen molar-refractivity contribution in [2.45, 2.75) is 13.5 Å². The van der Waals surface area contributed by atoms with Crippen LogP contribution < -0.4 is 4.74 Å². The van der Waals surface area contributed by atoms with Gasteiger partial charge in [-0.2, -0.15) is 8.78 Å². The van der Waals surface area contributed by atoms with Gasteiger partial charge in [-0.05, 0) is 19.1 Å². The van der Waals surface area contributed by atoms with E-state index < -0.39 is 6.61 Å². The average molecular weight is 159 g/mol. The maximum atomic E-state index is 11.6. The third kappa shape index (κ3) is 2.49. The van der Waals surface area contributed by atoms with E-state index in [0.717, 1.165) is 5.69 Å². The largest absolute Gasteiger partial charge is 0.433 e. The van der Waals surface area contributed by atoms with E-state index in [1.165, 1.54) is 12.3 Å². The maximum absolute atomic E-state index is 11.6. The highest BCUT2D eigenvalue weighted by Gasteiger charge is 2.02. The summed E-state index contributed by atoms with van der Waals surface area (Å²) >= 11 is 0. The first kappa shape index (κ1) is 7.91. The van der Waals surface area contributed by atoms with Crippen LogP contribution in [0.2, 0.25) is 0 Å². The molecule has 0 saturated carbocycles. The topological polar surface area (TPSA) is 22.1 Å². The number of halogens is 2. The van der Waals surface area contributed by atoms with Crippen LogP contribution in [0.25, 0.3) is 0 Å². The normalized spacial score (nSPS) is 10.2. The highest BCUT2D eigenvalue weighted by atomic mass is 19.3. The summed E-state index contributed by atoms with van der Waals surface area (Å²) in [4.78, 5) is 3.77. The number of nitrogens with zero attached hydrogens (tertiary/aromatic N) is 1. The zero-order valence-electron chi connectivity index (χ0n) is 5.92. The molecule has 60 valence electrons. The Hall–Kier alpha value is -1.19. The fraction of sp³-hybridized carbons (Fsp3) is 0.286. The van der Waals surface area contributed by atoms with Crippen LogP contribution in [0, 0.1) is 6.92 Å². The third-order valence-corrected chi connectivity index (χ3v) is 1.11. The fourth-order valence-electron chi connectivity index (χ4n) is 0.627. The van der Waals surface area contributed by atoms with Gasteiger partial charge in [-0.3, -0.25) is 4.98 Å². The minimum absolute atomic E-state index is 0.0885. The molecule has 0 aromatic carbocycles. The summed E-state index contributed by atoms with van der Waals surface area (Å²) in [6.45, 7) is -1.01. The van der Waals surface area contributed by atoms with E-state index in [2.05, 4.69) is 9.72 Å². The van der Waals surface area contributed by atoms with Crippen LogP contribution in [0.5, 0.6) is 5.75 Å². The number of aryl methyl sites for hydroxylation is 1. The second-order valence-electron chi connectivity index (χ2n) is 2.01. The quantitative estimate of drug-likeness (QED) is 0.658. The molecule has 0 bridgehead atoms. The number of hydrogen-bond acceptors (Lipinski definition) is 2. The van der Waals surface area contributed by atoms with Crippen LogP contribution >= 0.6 is 0 Å². The lowest BCUT2D eigenvalue weighted by molar-refractivity contribution is -0.0500. The predicted molar refractivity (Wildman–Crippen MR) is 35.6 cm³/mol. The summed E-state index contributed by atoms with van der Waals surface area (Å²) in [5, 5.41) is 0. The van der Waals surface area contributed by atoms with E-state index in [0.29, 0.717) is 0 Å². The molecule has 1 heterocycles. The molecule has 0 unspecified atom stereocenters. The maximum Gasteiger partial charge on any atom is 0.387 e. The number of pyridine rings is 1. The lowest BCUT2D eigenvalue weighted by Crippen LogP contribution is -2.01. The molecule has 1 rings (SSSR count). The molecule has 0 radical (unpaired) electrons. The summed E-state index contributed by atoms with van der Waals surface area (Å²) in [7, 11) is 0. The lowest BCUT2D eigenvalue weighted by Gasteiger charge is -2.02. The Labute approximate surface area is 62.8 Å². The number of aromatic nitrogens is 1. The first-order valence-electron chi connectivity index (χ1n) is 3.06. The van der Waals surface area contributed by atoms with Gasteiger partial charge in [-0.25, -0.2) is 0 Å². The van der Waals surface area contributed by atoms with Crippen molar-refractivity contribution in [1.82, 2.24) is 4.98 Å². The predicted octanol–water partition coefficient (Wildman–Crippen LogP) is 1.99. The molecule has 0 aliphatic carbocycles. The fourth-order valence-corrected chi connectivity index (χ4v) is 0.627. The van der Waals surface area contributed by atoms with Crippen LogP contribution in [-0.4, -0.2) is 11.6 Å². The first-order chi connectivity index (χ1) is 5.18. The van der Waals surface area contributed by atoms with Crippen molar-refractivity contribution < 1.29 is 13.5 Å². The summed E-state index contributed by atoms with van der Waals surface area (Å²) in [6.07, 6.45) is 1.27. The number of ether oxygens (including phenoxy) is 1. The van der Waals surface area contributed by atoms with Crippen LogP contribution in [0.15, 0.2) is 18.3 Å². The van der Waals surface area contributed by atoms with Crippen molar-refractivity contribution in [2.24, 2.45) is 0 Å². The molecule has 0 saturated heterocycles. The minimum atomic E-state index is -2.78. The second kappa shape index (κ2) is 3.27. The minimum Gasteiger partial charge on any atom is -0.433 e. The average Bonchev–Trinajstić information content (AvgIpc) is 1.93. The van der Waals surface area contributed by atoms with Crippen molar-refractivity contribution in [3.05, 3.63) is 24.0 Å². The highest BCUT2D eigenvalue weighted by Crippen LogP contribution is 2.11. The van der Waals surface area contributed by atoms with Crippen LogP contribution in [0.1, 0.15) is 5.69 Å². The van der Waals surface area contributed by atoms with Gasteiger partial charge in [0.2, 0.25) is 0 Å². The van der Waals surface area contributed by atoms with E-state index in [-0.39, 0.29) is 5.75 Å². The van der Waals surface area contributed by atoms with E-state index >= 15 is 0 Å². The van der Waals surface area contributed by atoms with Crippen molar-refractivity contribution in [3.63, 3.8) is 0 Å². The van der Waals surface area contributed by atoms with Gasteiger partial charge in [-0.1, -0.05) is 0 Å². The van der Waals surface area contributed by atoms with E-state index in [1.54, 1.807) is 13.0 Å². The molecule has 0 fully saturated rings. The molecule has 2 nitrogen and oxygen atoms in total. The number of rotatable bonds is 2. The summed E-state index contributed by atoms with van der Waals surface area (Å²) in [5.74, 6) is 0.0885. The SMILES string of the molecule is Cc1ccc(OC(F)F)cn1. The number of alkyl halides is 2. The smallest absolute Gasteiger partial charge is 0.387 e. The molecule has 11 heavy (non-hydrogen) atoms. The molecule has 0 aliphatic rings. The van der Waals surface area contributed by atoms with E-state index in [9.17, 15) is 8.78 Å². The summed E-state index contributed by atoms with van der Waals surface area (Å²) in [5.41, 5.74) is 0.770. The van der Waals surface area contributed by atoms with Gasteiger partial charge in [0.25, 0.3) is 0 Å². The molecule has 1 aromatic heterocycles. The van der Waals surface area contributed by atoms with E-state index in [1.807, 2.05) is 0 Å². The lowest BCUT2D eigenvalue weighted by atomic mass is 10.4. The van der Waals surface area contributed by atoms with Gasteiger partial charge in [0.15, 0.2) is 0 Å². The third-order valence-electron chi connectivity index (χ3n) is 1.11. The van der Waals surface area contributed by atoms with Crippen molar-refractivity contribution in [3.8, 4) is 5.75 Å². The molecular formula is C7H7F2NO. The molecule has 1 aromatic rings. The zero-order valence-corrected chi connectivity index (χ0v) is 5.92. The molecule has 0 aliphatic heterocycles. The van der Waals surface area contributed by atoms with Crippen LogP contribution in [0.3, 0.4) is 0 Å². The molecule has 0 N–H and O–H groups in total. The number of hydrogen-bond donors (Lipinski definition) is 0. The first-order valence-corrected chi connectivity index (χ1v) is 3.06. The Morgan fingerprint density at radius 1 is 1.45 bits per heavy atom. The Morgan fingerprint density at radius 2 is 2.18 bits per heavy atom. The Kier molecular flexibility index (Phi) is 2.36. The van der Waals surface area contributed by atoms with Crippen molar-refractivity contribution in [1.29, 1.82) is 0 Å². The Bertz CT molecular complexity index is 222. The van der Waals surface area contributed by atoms with Gasteiger partial charge in [0.1, 0.15) is 5.75 Å². The summed E-state index contributed by atoms with van der Waals surface area (Å²) in [6, 6.07) is 3.06. The molecule has 4 heteroatoms. The van der Waals surface area contributed by atoms with Crippen LogP contribution in [0.4, 0.5) is 8.78 Å². The van der Waals surface area contributed by atoms with Gasteiger partial charge in [0, 0.05) is 5.69 Å². The van der Waals surface area contributed by atoms with Gasteiger partial charge >= 0.3 is 6.61 Å². The molecule has 0 spiro atoms. The van der Waals surface area contributed by atoms with Gasteiger partial charge < -0.3 is 4.74 Å². The summed E-state index contributed by atoms with van der Waals surface area (Å²) < 4.78 is 27.2. The van der Waals surface area contributed by atoms with Crippen molar-refractivity contribution >= 4 is 0 Å². The molecular weight excluding hydrogens is 152 g/mol. The van der Waals surface area contributed by atoms with Gasteiger partial charge in [-0.15, -0.1) is 0 Å². The zero-order chi connectivity index (χ0) is 8.27. The standard InChI is InChI=1S/C7H7F2NO/c1-5-2-3-6(4-10-5)11-7(8)9/h2-4,7H,1H3. The van der Waals surface area contributed by atoms with Crippen molar-refractivity contribution in [2.75, 3.05) is 0 Å².